The van der Waals surface area contributed by atoms with Crippen LogP contribution in [0.15, 0.2) is 35.9 Å². The number of halogens is 3. The molecule has 2 heterocycles. The lowest BCUT2D eigenvalue weighted by Crippen LogP contribution is -2.07. The molecular weight excluding hydrogens is 345 g/mol. The number of ketones is 1. The van der Waals surface area contributed by atoms with Gasteiger partial charge in [0, 0.05) is 11.6 Å². The van der Waals surface area contributed by atoms with E-state index < -0.39 is 11.9 Å². The van der Waals surface area contributed by atoms with Gasteiger partial charge in [-0.2, -0.15) is 13.2 Å². The molecule has 0 radical (unpaired) electrons. The fourth-order valence-corrected chi connectivity index (χ4v) is 2.97. The van der Waals surface area contributed by atoms with Gasteiger partial charge in [0.25, 0.3) is 0 Å². The van der Waals surface area contributed by atoms with E-state index in [4.69, 9.17) is 0 Å². The molecule has 0 amide bonds. The minimum atomic E-state index is -4.49. The average molecular weight is 356 g/mol. The maximum Gasteiger partial charge on any atom is 0.434 e. The highest BCUT2D eigenvalue weighted by Gasteiger charge is 2.36. The maximum absolute atomic E-state index is 12.8. The molecule has 8 heteroatoms. The molecule has 0 fully saturated rings. The monoisotopic (exact) mass is 356 g/mol. The van der Waals surface area contributed by atoms with Crippen LogP contribution in [-0.2, 0) is 11.0 Å². The van der Waals surface area contributed by atoms with Gasteiger partial charge in [0.2, 0.25) is 0 Å². The van der Waals surface area contributed by atoms with Crippen LogP contribution in [0.4, 0.5) is 13.2 Å². The molecule has 0 aromatic carbocycles. The largest absolute Gasteiger partial charge is 0.434 e. The number of carbonyl (C=O) groups excluding carboxylic acids is 1. The summed E-state index contributed by atoms with van der Waals surface area (Å²) in [6.45, 7) is 1.51. The van der Waals surface area contributed by atoms with Gasteiger partial charge < -0.3 is 0 Å². The molecule has 0 N–H and O–H groups in total. The SMILES string of the molecule is Cc1nc(C(F)(F)F)c(/C=C/C=C/C(=O)/C=C/c2nccs2)s1. The highest BCUT2D eigenvalue weighted by Crippen LogP contribution is 2.34. The Hall–Kier alpha value is -2.06. The molecule has 2 aromatic rings. The quantitative estimate of drug-likeness (QED) is 0.572. The minimum absolute atomic E-state index is 0.0189. The minimum Gasteiger partial charge on any atom is -0.290 e. The normalized spacial score (nSPS) is 12.9. The van der Waals surface area contributed by atoms with Crippen LogP contribution in [0.2, 0.25) is 0 Å². The van der Waals surface area contributed by atoms with Crippen molar-refractivity contribution < 1.29 is 18.0 Å². The Morgan fingerprint density at radius 3 is 2.65 bits per heavy atom. The van der Waals surface area contributed by atoms with Crippen molar-refractivity contribution in [2.45, 2.75) is 13.1 Å². The summed E-state index contributed by atoms with van der Waals surface area (Å²) in [5.74, 6) is -0.276. The third kappa shape index (κ3) is 5.26. The molecule has 0 bridgehead atoms. The standard InChI is InChI=1S/C15H11F3N2OS2/c1-10-20-14(15(16,17)18)12(23-10)5-3-2-4-11(21)6-7-13-19-8-9-22-13/h2-9H,1H3/b4-2+,5-3+,7-6+. The molecule has 0 spiro atoms. The second-order valence-corrected chi connectivity index (χ2v) is 6.43. The zero-order chi connectivity index (χ0) is 16.9. The molecule has 0 aliphatic rings. The van der Waals surface area contributed by atoms with E-state index in [0.717, 1.165) is 11.3 Å². The van der Waals surface area contributed by atoms with Crippen LogP contribution in [0.5, 0.6) is 0 Å². The Bertz CT molecular complexity index is 756. The van der Waals surface area contributed by atoms with Crippen molar-refractivity contribution in [3.05, 3.63) is 56.5 Å². The van der Waals surface area contributed by atoms with Gasteiger partial charge in [0.1, 0.15) is 5.01 Å². The van der Waals surface area contributed by atoms with Crippen molar-refractivity contribution in [3.63, 3.8) is 0 Å². The van der Waals surface area contributed by atoms with Crippen molar-refractivity contribution in [2.75, 3.05) is 0 Å². The molecule has 2 rings (SSSR count). The molecule has 2 aromatic heterocycles. The van der Waals surface area contributed by atoms with Crippen molar-refractivity contribution in [3.8, 4) is 0 Å². The van der Waals surface area contributed by atoms with Crippen LogP contribution in [0.25, 0.3) is 12.2 Å². The van der Waals surface area contributed by atoms with E-state index in [1.165, 1.54) is 48.6 Å². The van der Waals surface area contributed by atoms with Gasteiger partial charge in [-0.1, -0.05) is 12.2 Å². The first kappa shape index (κ1) is 17.3. The highest BCUT2D eigenvalue weighted by molar-refractivity contribution is 7.12. The molecule has 0 saturated heterocycles. The second kappa shape index (κ2) is 7.47. The zero-order valence-corrected chi connectivity index (χ0v) is 13.5. The van der Waals surface area contributed by atoms with E-state index in [0.29, 0.717) is 10.0 Å². The van der Waals surface area contributed by atoms with Crippen LogP contribution in [-0.4, -0.2) is 15.8 Å². The molecule has 0 atom stereocenters. The van der Waals surface area contributed by atoms with Crippen molar-refractivity contribution >= 4 is 40.6 Å². The summed E-state index contributed by atoms with van der Waals surface area (Å²) in [5, 5.41) is 2.83. The van der Waals surface area contributed by atoms with Crippen molar-refractivity contribution in [1.82, 2.24) is 9.97 Å². The zero-order valence-electron chi connectivity index (χ0n) is 11.9. The maximum atomic E-state index is 12.8. The van der Waals surface area contributed by atoms with Gasteiger partial charge in [0.05, 0.1) is 9.88 Å². The lowest BCUT2D eigenvalue weighted by molar-refractivity contribution is -0.140. The van der Waals surface area contributed by atoms with Gasteiger partial charge in [0.15, 0.2) is 11.5 Å². The van der Waals surface area contributed by atoms with Crippen LogP contribution in [0, 0.1) is 6.92 Å². The molecule has 3 nitrogen and oxygen atoms in total. The summed E-state index contributed by atoms with van der Waals surface area (Å²) in [6, 6.07) is 0. The molecule has 0 aliphatic carbocycles. The predicted molar refractivity (Wildman–Crippen MR) is 86.2 cm³/mol. The summed E-state index contributed by atoms with van der Waals surface area (Å²) < 4.78 is 38.3. The fourth-order valence-electron chi connectivity index (χ4n) is 1.58. The Balaban J connectivity index is 2.00. The molecular formula is C15H11F3N2OS2. The van der Waals surface area contributed by atoms with Crippen molar-refractivity contribution in [1.29, 1.82) is 0 Å². The second-order valence-electron chi connectivity index (χ2n) is 4.27. The van der Waals surface area contributed by atoms with Gasteiger partial charge >= 0.3 is 6.18 Å². The number of rotatable bonds is 5. The number of allylic oxidation sites excluding steroid dienone is 4. The number of nitrogens with zero attached hydrogens (tertiary/aromatic N) is 2. The topological polar surface area (TPSA) is 42.9 Å². The van der Waals surface area contributed by atoms with Crippen LogP contribution in [0.3, 0.4) is 0 Å². The summed E-state index contributed by atoms with van der Waals surface area (Å²) in [4.78, 5) is 19.1. The molecule has 0 saturated carbocycles. The van der Waals surface area contributed by atoms with E-state index in [2.05, 4.69) is 9.97 Å². The number of hydrogen-bond donors (Lipinski definition) is 0. The smallest absolute Gasteiger partial charge is 0.290 e. The van der Waals surface area contributed by atoms with E-state index >= 15 is 0 Å². The third-order valence-corrected chi connectivity index (χ3v) is 4.17. The van der Waals surface area contributed by atoms with E-state index in [1.54, 1.807) is 17.7 Å². The molecule has 120 valence electrons. The van der Waals surface area contributed by atoms with E-state index in [1.807, 2.05) is 0 Å². The molecule has 0 unspecified atom stereocenters. The van der Waals surface area contributed by atoms with Gasteiger partial charge in [-0.25, -0.2) is 9.97 Å². The Morgan fingerprint density at radius 2 is 2.00 bits per heavy atom. The first-order valence-electron chi connectivity index (χ1n) is 6.37. The fraction of sp³-hybridized carbons (Fsp3) is 0.133. The van der Waals surface area contributed by atoms with Crippen LogP contribution >= 0.6 is 22.7 Å². The number of alkyl halides is 3. The average Bonchev–Trinajstić information content (AvgIpc) is 3.10. The summed E-state index contributed by atoms with van der Waals surface area (Å²) in [5.41, 5.74) is -0.903. The number of hydrogen-bond acceptors (Lipinski definition) is 5. The van der Waals surface area contributed by atoms with E-state index in [-0.39, 0.29) is 10.7 Å². The van der Waals surface area contributed by atoms with Crippen LogP contribution < -0.4 is 0 Å². The lowest BCUT2D eigenvalue weighted by atomic mass is 10.3. The summed E-state index contributed by atoms with van der Waals surface area (Å²) >= 11 is 2.35. The lowest BCUT2D eigenvalue weighted by Gasteiger charge is -2.02. The number of carbonyl (C=O) groups is 1. The number of aromatic nitrogens is 2. The van der Waals surface area contributed by atoms with E-state index in [9.17, 15) is 18.0 Å². The Morgan fingerprint density at radius 1 is 1.22 bits per heavy atom. The number of aryl methyl sites for hydroxylation is 1. The Kier molecular flexibility index (Phi) is 5.62. The Labute approximate surface area is 138 Å². The summed E-state index contributed by atoms with van der Waals surface area (Å²) in [7, 11) is 0. The molecule has 23 heavy (non-hydrogen) atoms. The third-order valence-electron chi connectivity index (χ3n) is 2.49. The van der Waals surface area contributed by atoms with Gasteiger partial charge in [-0.05, 0) is 31.2 Å². The van der Waals surface area contributed by atoms with Crippen molar-refractivity contribution in [2.24, 2.45) is 0 Å². The van der Waals surface area contributed by atoms with Crippen LogP contribution in [0.1, 0.15) is 20.6 Å². The van der Waals surface area contributed by atoms with Gasteiger partial charge in [-0.3, -0.25) is 4.79 Å². The first-order chi connectivity index (χ1) is 10.9. The molecule has 0 aliphatic heterocycles. The number of thiazole rings is 2. The summed E-state index contributed by atoms with van der Waals surface area (Å²) in [6.07, 6.45) is 5.41. The highest BCUT2D eigenvalue weighted by atomic mass is 32.1. The first-order valence-corrected chi connectivity index (χ1v) is 8.07. The van der Waals surface area contributed by atoms with Gasteiger partial charge in [-0.15, -0.1) is 22.7 Å². The predicted octanol–water partition coefficient (Wildman–Crippen LogP) is 4.78.